The monoisotopic (exact) mass is 390 g/mol. The Balaban J connectivity index is 2.09. The highest BCUT2D eigenvalue weighted by atomic mass is 16.4. The summed E-state index contributed by atoms with van der Waals surface area (Å²) >= 11 is 0. The van der Waals surface area contributed by atoms with E-state index < -0.39 is 30.9 Å². The molecule has 0 saturated heterocycles. The number of hydrogen-bond donors (Lipinski definition) is 4. The summed E-state index contributed by atoms with van der Waals surface area (Å²) in [4.78, 5) is 33.3. The average Bonchev–Trinajstić information content (AvgIpc) is 2.68. The van der Waals surface area contributed by atoms with Crippen LogP contribution < -0.4 is 10.6 Å². The van der Waals surface area contributed by atoms with E-state index in [1.54, 1.807) is 0 Å². The zero-order valence-electron chi connectivity index (χ0n) is 16.7. The molecular weight excluding hydrogens is 359 g/mol. The first-order valence-corrected chi connectivity index (χ1v) is 10.1. The van der Waals surface area contributed by atoms with Crippen LogP contribution in [0, 0.1) is 11.8 Å². The molecule has 2 amide bonds. The van der Waals surface area contributed by atoms with Crippen LogP contribution in [0.1, 0.15) is 69.3 Å². The zero-order valence-corrected chi connectivity index (χ0v) is 16.7. The van der Waals surface area contributed by atoms with Crippen LogP contribution >= 0.6 is 0 Å². The number of nitrogens with zero attached hydrogens (tertiary/aromatic N) is 2. The number of aromatic nitrogens is 2. The average molecular weight is 390 g/mol. The molecular formula is C19H31BN4O4. The van der Waals surface area contributed by atoms with Crippen molar-refractivity contribution in [2.75, 3.05) is 0 Å². The quantitative estimate of drug-likeness (QED) is 0.468. The van der Waals surface area contributed by atoms with Gasteiger partial charge in [0.2, 0.25) is 5.91 Å². The first-order valence-electron chi connectivity index (χ1n) is 10.1. The molecule has 1 aromatic rings. The molecule has 1 aliphatic carbocycles. The van der Waals surface area contributed by atoms with E-state index in [9.17, 15) is 19.6 Å². The van der Waals surface area contributed by atoms with Crippen molar-refractivity contribution >= 4 is 18.9 Å². The van der Waals surface area contributed by atoms with Crippen LogP contribution in [0.15, 0.2) is 18.6 Å². The maximum Gasteiger partial charge on any atom is 0.475 e. The molecule has 1 heterocycles. The summed E-state index contributed by atoms with van der Waals surface area (Å²) in [7, 11) is -1.66. The Morgan fingerprint density at radius 1 is 1.18 bits per heavy atom. The van der Waals surface area contributed by atoms with E-state index in [4.69, 9.17) is 0 Å². The van der Waals surface area contributed by atoms with Crippen molar-refractivity contribution in [2.24, 2.45) is 11.8 Å². The van der Waals surface area contributed by atoms with Crippen molar-refractivity contribution in [1.82, 2.24) is 20.6 Å². The van der Waals surface area contributed by atoms with Gasteiger partial charge in [-0.25, -0.2) is 4.98 Å². The lowest BCUT2D eigenvalue weighted by molar-refractivity contribution is -0.124. The van der Waals surface area contributed by atoms with Crippen LogP contribution in [0.3, 0.4) is 0 Å². The molecule has 1 aliphatic rings. The largest absolute Gasteiger partial charge is 0.475 e. The third kappa shape index (κ3) is 7.20. The third-order valence-corrected chi connectivity index (χ3v) is 5.12. The van der Waals surface area contributed by atoms with Crippen LogP contribution in [-0.4, -0.2) is 50.9 Å². The maximum atomic E-state index is 12.9. The van der Waals surface area contributed by atoms with Crippen molar-refractivity contribution in [3.63, 3.8) is 0 Å². The normalized spacial score (nSPS) is 17.0. The standard InChI is InChI=1S/C19H31BN4O4/c1-13(2)10-17(20(27)28)24-18(25)15(11-14-6-4-3-5-7-14)23-19(26)16-12-21-8-9-22-16/h8-9,12-15,17,27-28H,3-7,10-11H2,1-2H3,(H,23,26)(H,24,25)/t15-,17+/m1/s1. The Bertz CT molecular complexity index is 624. The fourth-order valence-corrected chi connectivity index (χ4v) is 3.68. The van der Waals surface area contributed by atoms with Gasteiger partial charge < -0.3 is 20.7 Å². The Labute approximate surface area is 166 Å². The molecule has 0 radical (unpaired) electrons. The van der Waals surface area contributed by atoms with E-state index in [0.29, 0.717) is 18.8 Å². The molecule has 0 aromatic carbocycles. The highest BCUT2D eigenvalue weighted by Gasteiger charge is 2.31. The molecule has 9 heteroatoms. The van der Waals surface area contributed by atoms with E-state index in [2.05, 4.69) is 20.6 Å². The van der Waals surface area contributed by atoms with Gasteiger partial charge in [-0.2, -0.15) is 0 Å². The molecule has 1 fully saturated rings. The molecule has 2 rings (SSSR count). The molecule has 1 aromatic heterocycles. The van der Waals surface area contributed by atoms with Gasteiger partial charge in [-0.05, 0) is 24.7 Å². The van der Waals surface area contributed by atoms with Gasteiger partial charge in [0.25, 0.3) is 5.91 Å². The van der Waals surface area contributed by atoms with E-state index in [1.165, 1.54) is 25.0 Å². The zero-order chi connectivity index (χ0) is 20.5. The molecule has 2 atom stereocenters. The predicted octanol–water partition coefficient (Wildman–Crippen LogP) is 1.09. The van der Waals surface area contributed by atoms with Crippen molar-refractivity contribution in [3.05, 3.63) is 24.3 Å². The molecule has 8 nitrogen and oxygen atoms in total. The van der Waals surface area contributed by atoms with Gasteiger partial charge in [0.1, 0.15) is 11.7 Å². The lowest BCUT2D eigenvalue weighted by Crippen LogP contribution is -2.54. The summed E-state index contributed by atoms with van der Waals surface area (Å²) < 4.78 is 0. The number of hydrogen-bond acceptors (Lipinski definition) is 6. The molecule has 0 bridgehead atoms. The summed E-state index contributed by atoms with van der Waals surface area (Å²) in [6.07, 6.45) is 10.7. The molecule has 0 aliphatic heterocycles. The van der Waals surface area contributed by atoms with Crippen molar-refractivity contribution in [3.8, 4) is 0 Å². The number of amides is 2. The molecule has 154 valence electrons. The van der Waals surface area contributed by atoms with Gasteiger partial charge in [-0.1, -0.05) is 46.0 Å². The van der Waals surface area contributed by atoms with Gasteiger partial charge in [0.15, 0.2) is 0 Å². The van der Waals surface area contributed by atoms with Crippen LogP contribution in [0.2, 0.25) is 0 Å². The molecule has 1 saturated carbocycles. The highest BCUT2D eigenvalue weighted by Crippen LogP contribution is 2.27. The lowest BCUT2D eigenvalue weighted by Gasteiger charge is -2.28. The first kappa shape index (κ1) is 22.3. The summed E-state index contributed by atoms with van der Waals surface area (Å²) in [6, 6.07) is -0.758. The van der Waals surface area contributed by atoms with Gasteiger partial charge in [-0.15, -0.1) is 0 Å². The number of carbonyl (C=O) groups excluding carboxylic acids is 2. The minimum absolute atomic E-state index is 0.143. The Morgan fingerprint density at radius 3 is 2.46 bits per heavy atom. The predicted molar refractivity (Wildman–Crippen MR) is 106 cm³/mol. The van der Waals surface area contributed by atoms with Gasteiger partial charge in [0, 0.05) is 12.4 Å². The fraction of sp³-hybridized carbons (Fsp3) is 0.684. The molecule has 28 heavy (non-hydrogen) atoms. The summed E-state index contributed by atoms with van der Waals surface area (Å²) in [5.41, 5.74) is 0.143. The maximum absolute atomic E-state index is 12.9. The first-order chi connectivity index (χ1) is 13.4. The van der Waals surface area contributed by atoms with Gasteiger partial charge in [0.05, 0.1) is 12.1 Å². The molecule has 4 N–H and O–H groups in total. The second kappa shape index (κ2) is 11.1. The third-order valence-electron chi connectivity index (χ3n) is 5.12. The van der Waals surface area contributed by atoms with Crippen LogP contribution in [-0.2, 0) is 4.79 Å². The van der Waals surface area contributed by atoms with Crippen LogP contribution in [0.5, 0.6) is 0 Å². The van der Waals surface area contributed by atoms with Crippen molar-refractivity contribution in [1.29, 1.82) is 0 Å². The van der Waals surface area contributed by atoms with E-state index in [1.807, 2.05) is 13.8 Å². The number of rotatable bonds is 9. The van der Waals surface area contributed by atoms with Crippen molar-refractivity contribution < 1.29 is 19.6 Å². The highest BCUT2D eigenvalue weighted by molar-refractivity contribution is 6.43. The Morgan fingerprint density at radius 2 is 1.89 bits per heavy atom. The van der Waals surface area contributed by atoms with Gasteiger partial charge in [-0.3, -0.25) is 14.6 Å². The topological polar surface area (TPSA) is 124 Å². The smallest absolute Gasteiger partial charge is 0.426 e. The summed E-state index contributed by atoms with van der Waals surface area (Å²) in [5, 5.41) is 24.7. The Hall–Kier alpha value is -2.00. The minimum atomic E-state index is -1.66. The Kier molecular flexibility index (Phi) is 8.85. The minimum Gasteiger partial charge on any atom is -0.426 e. The van der Waals surface area contributed by atoms with E-state index >= 15 is 0 Å². The number of nitrogens with one attached hydrogen (secondary N) is 2. The SMILES string of the molecule is CC(C)C[C@H](NC(=O)[C@@H](CC1CCCCC1)NC(=O)c1cnccn1)B(O)O. The van der Waals surface area contributed by atoms with E-state index in [-0.39, 0.29) is 11.6 Å². The molecule has 0 spiro atoms. The second-order valence-corrected chi connectivity index (χ2v) is 8.01. The van der Waals surface area contributed by atoms with E-state index in [0.717, 1.165) is 25.7 Å². The fourth-order valence-electron chi connectivity index (χ4n) is 3.68. The summed E-state index contributed by atoms with van der Waals surface area (Å²) in [5.74, 6) is -1.11. The van der Waals surface area contributed by atoms with Gasteiger partial charge >= 0.3 is 7.12 Å². The lowest BCUT2D eigenvalue weighted by atomic mass is 9.74. The van der Waals surface area contributed by atoms with Crippen molar-refractivity contribution in [2.45, 2.75) is 70.8 Å². The number of carbonyl (C=O) groups is 2. The van der Waals surface area contributed by atoms with Crippen LogP contribution in [0.25, 0.3) is 0 Å². The van der Waals surface area contributed by atoms with Crippen LogP contribution in [0.4, 0.5) is 0 Å². The second-order valence-electron chi connectivity index (χ2n) is 8.01. The summed E-state index contributed by atoms with van der Waals surface area (Å²) in [6.45, 7) is 3.88. The molecule has 0 unspecified atom stereocenters.